The van der Waals surface area contributed by atoms with Crippen LogP contribution in [0.1, 0.15) is 19.3 Å². The van der Waals surface area contributed by atoms with E-state index in [2.05, 4.69) is 5.32 Å². The van der Waals surface area contributed by atoms with E-state index in [9.17, 15) is 8.42 Å². The Morgan fingerprint density at radius 3 is 2.52 bits per heavy atom. The fourth-order valence-electron chi connectivity index (χ4n) is 3.01. The Kier molecular flexibility index (Phi) is 6.19. The van der Waals surface area contributed by atoms with E-state index in [1.165, 1.54) is 5.57 Å². The fraction of sp³-hybridized carbons (Fsp3) is 0.857. The highest BCUT2D eigenvalue weighted by Gasteiger charge is 2.33. The quantitative estimate of drug-likeness (QED) is 0.722. The number of hydrogen-bond donors (Lipinski definition) is 1. The zero-order chi connectivity index (χ0) is 15.3. The summed E-state index contributed by atoms with van der Waals surface area (Å²) < 4.78 is 33.6. The predicted octanol–water partition coefficient (Wildman–Crippen LogP) is 0.441. The van der Waals surface area contributed by atoms with Crippen molar-refractivity contribution in [3.05, 3.63) is 11.6 Å². The lowest BCUT2D eigenvalue weighted by Gasteiger charge is -2.35. The first-order valence-electron chi connectivity index (χ1n) is 7.64. The summed E-state index contributed by atoms with van der Waals surface area (Å²) in [7, 11) is 0.310. The van der Waals surface area contributed by atoms with Gasteiger partial charge in [0.25, 0.3) is 10.2 Å². The number of methoxy groups -OCH3 is 1. The zero-order valence-electron chi connectivity index (χ0n) is 13.0. The van der Waals surface area contributed by atoms with Crippen LogP contribution in [0, 0.1) is 5.92 Å². The van der Waals surface area contributed by atoms with Crippen LogP contribution < -0.4 is 5.32 Å². The first-order valence-corrected chi connectivity index (χ1v) is 9.04. The first kappa shape index (κ1) is 16.9. The van der Waals surface area contributed by atoms with Crippen LogP contribution >= 0.6 is 0 Å². The molecule has 0 aromatic heterocycles. The Hall–Kier alpha value is -0.470. The van der Waals surface area contributed by atoms with Crippen molar-refractivity contribution in [1.29, 1.82) is 0 Å². The molecule has 7 heteroatoms. The van der Waals surface area contributed by atoms with Gasteiger partial charge in [0, 0.05) is 33.3 Å². The van der Waals surface area contributed by atoms with Crippen molar-refractivity contribution in [1.82, 2.24) is 13.9 Å². The van der Waals surface area contributed by atoms with E-state index in [0.717, 1.165) is 25.8 Å². The Morgan fingerprint density at radius 1 is 1.29 bits per heavy atom. The van der Waals surface area contributed by atoms with Gasteiger partial charge in [-0.1, -0.05) is 6.08 Å². The molecule has 0 atom stereocenters. The van der Waals surface area contributed by atoms with Gasteiger partial charge in [0.15, 0.2) is 0 Å². The molecule has 0 aromatic rings. The number of ether oxygens (including phenoxy) is 1. The van der Waals surface area contributed by atoms with Gasteiger partial charge in [-0.05, 0) is 44.3 Å². The third-order valence-electron chi connectivity index (χ3n) is 4.31. The number of nitrogens with one attached hydrogen (secondary N) is 1. The SMILES string of the molecule is CNCC1CCN(S(=O)(=O)N2CC=C(COC)CC2)CC1. The summed E-state index contributed by atoms with van der Waals surface area (Å²) in [6.07, 6.45) is 4.64. The van der Waals surface area contributed by atoms with Crippen LogP contribution in [0.3, 0.4) is 0 Å². The average Bonchev–Trinajstić information content (AvgIpc) is 2.49. The minimum atomic E-state index is -3.30. The van der Waals surface area contributed by atoms with Gasteiger partial charge in [-0.2, -0.15) is 17.0 Å². The Morgan fingerprint density at radius 2 is 2.00 bits per heavy atom. The number of nitrogens with zero attached hydrogens (tertiary/aromatic N) is 2. The zero-order valence-corrected chi connectivity index (χ0v) is 13.9. The van der Waals surface area contributed by atoms with E-state index in [1.807, 2.05) is 13.1 Å². The second kappa shape index (κ2) is 7.69. The molecule has 2 rings (SSSR count). The van der Waals surface area contributed by atoms with Gasteiger partial charge in [-0.3, -0.25) is 0 Å². The van der Waals surface area contributed by atoms with Gasteiger partial charge < -0.3 is 10.1 Å². The molecule has 122 valence electrons. The standard InChI is InChI=1S/C14H27N3O3S/c1-15-11-13-3-7-16(8-4-13)21(18,19)17-9-5-14(6-10-17)12-20-2/h5,13,15H,3-4,6-12H2,1-2H3. The van der Waals surface area contributed by atoms with Crippen LogP contribution in [0.4, 0.5) is 0 Å². The summed E-state index contributed by atoms with van der Waals surface area (Å²) in [6.45, 7) is 3.88. The second-order valence-electron chi connectivity index (χ2n) is 5.81. The highest BCUT2D eigenvalue weighted by Crippen LogP contribution is 2.23. The molecular formula is C14H27N3O3S. The maximum absolute atomic E-state index is 12.6. The molecule has 0 bridgehead atoms. The smallest absolute Gasteiger partial charge is 0.282 e. The monoisotopic (exact) mass is 317 g/mol. The highest BCUT2D eigenvalue weighted by molar-refractivity contribution is 7.86. The largest absolute Gasteiger partial charge is 0.380 e. The summed E-state index contributed by atoms with van der Waals surface area (Å²) in [5, 5.41) is 3.17. The van der Waals surface area contributed by atoms with Gasteiger partial charge >= 0.3 is 0 Å². The highest BCUT2D eigenvalue weighted by atomic mass is 32.2. The van der Waals surface area contributed by atoms with Crippen molar-refractivity contribution in [3.63, 3.8) is 0 Å². The molecule has 2 heterocycles. The molecule has 0 spiro atoms. The van der Waals surface area contributed by atoms with Gasteiger partial charge in [0.1, 0.15) is 0 Å². The molecule has 2 aliphatic heterocycles. The Balaban J connectivity index is 1.91. The molecular weight excluding hydrogens is 290 g/mol. The summed E-state index contributed by atoms with van der Waals surface area (Å²) in [5.74, 6) is 0.594. The molecule has 2 aliphatic rings. The predicted molar refractivity (Wildman–Crippen MR) is 83.3 cm³/mol. The third-order valence-corrected chi connectivity index (χ3v) is 6.32. The van der Waals surface area contributed by atoms with E-state index < -0.39 is 10.2 Å². The Bertz CT molecular complexity index is 456. The summed E-state index contributed by atoms with van der Waals surface area (Å²) in [6, 6.07) is 0. The average molecular weight is 317 g/mol. The van der Waals surface area contributed by atoms with Crippen LogP contribution in [0.2, 0.25) is 0 Å². The number of hydrogen-bond acceptors (Lipinski definition) is 4. The molecule has 0 aliphatic carbocycles. The molecule has 1 fully saturated rings. The van der Waals surface area contributed by atoms with Crippen molar-refractivity contribution >= 4 is 10.2 Å². The molecule has 0 unspecified atom stereocenters. The number of rotatable bonds is 6. The molecule has 0 aromatic carbocycles. The minimum Gasteiger partial charge on any atom is -0.380 e. The van der Waals surface area contributed by atoms with Crippen LogP contribution in [-0.4, -0.2) is 70.5 Å². The van der Waals surface area contributed by atoms with Crippen LogP contribution in [-0.2, 0) is 14.9 Å². The summed E-state index contributed by atoms with van der Waals surface area (Å²) in [4.78, 5) is 0. The van der Waals surface area contributed by atoms with E-state index in [1.54, 1.807) is 15.7 Å². The van der Waals surface area contributed by atoms with Crippen molar-refractivity contribution in [2.45, 2.75) is 19.3 Å². The number of piperidine rings is 1. The van der Waals surface area contributed by atoms with E-state index in [0.29, 0.717) is 38.7 Å². The van der Waals surface area contributed by atoms with E-state index >= 15 is 0 Å². The second-order valence-corrected chi connectivity index (χ2v) is 7.74. The van der Waals surface area contributed by atoms with E-state index in [-0.39, 0.29) is 0 Å². The van der Waals surface area contributed by atoms with Crippen molar-refractivity contribution < 1.29 is 13.2 Å². The van der Waals surface area contributed by atoms with Gasteiger partial charge in [-0.25, -0.2) is 0 Å². The molecule has 0 radical (unpaired) electrons. The lowest BCUT2D eigenvalue weighted by Crippen LogP contribution is -2.49. The molecule has 0 saturated carbocycles. The molecule has 1 saturated heterocycles. The lowest BCUT2D eigenvalue weighted by atomic mass is 9.98. The van der Waals surface area contributed by atoms with Crippen LogP contribution in [0.5, 0.6) is 0 Å². The summed E-state index contributed by atoms with van der Waals surface area (Å²) >= 11 is 0. The van der Waals surface area contributed by atoms with Crippen LogP contribution in [0.25, 0.3) is 0 Å². The van der Waals surface area contributed by atoms with Crippen molar-refractivity contribution in [2.75, 3.05) is 53.5 Å². The topological polar surface area (TPSA) is 61.9 Å². The van der Waals surface area contributed by atoms with Gasteiger partial charge in [0.05, 0.1) is 6.61 Å². The van der Waals surface area contributed by atoms with Crippen molar-refractivity contribution in [3.8, 4) is 0 Å². The molecule has 6 nitrogen and oxygen atoms in total. The maximum Gasteiger partial charge on any atom is 0.282 e. The van der Waals surface area contributed by atoms with Crippen molar-refractivity contribution in [2.24, 2.45) is 5.92 Å². The minimum absolute atomic E-state index is 0.470. The summed E-state index contributed by atoms with van der Waals surface area (Å²) in [5.41, 5.74) is 1.19. The normalized spacial score (nSPS) is 23.2. The molecule has 1 N–H and O–H groups in total. The molecule has 21 heavy (non-hydrogen) atoms. The fourth-order valence-corrected chi connectivity index (χ4v) is 4.60. The lowest BCUT2D eigenvalue weighted by molar-refractivity contribution is 0.217. The Labute approximate surface area is 128 Å². The maximum atomic E-state index is 12.6. The van der Waals surface area contributed by atoms with Gasteiger partial charge in [-0.15, -0.1) is 0 Å². The van der Waals surface area contributed by atoms with E-state index in [4.69, 9.17) is 4.74 Å². The van der Waals surface area contributed by atoms with Gasteiger partial charge in [0.2, 0.25) is 0 Å². The molecule has 0 amide bonds. The first-order chi connectivity index (χ1) is 10.1. The third kappa shape index (κ3) is 4.26. The van der Waals surface area contributed by atoms with Crippen LogP contribution in [0.15, 0.2) is 11.6 Å².